The maximum absolute atomic E-state index is 15.4. The van der Waals surface area contributed by atoms with E-state index in [4.69, 9.17) is 4.74 Å². The van der Waals surface area contributed by atoms with Gasteiger partial charge in [0.25, 0.3) is 0 Å². The first kappa shape index (κ1) is 32.7. The van der Waals surface area contributed by atoms with Crippen LogP contribution in [0, 0.1) is 17.2 Å². The van der Waals surface area contributed by atoms with Gasteiger partial charge in [-0.2, -0.15) is 0 Å². The second kappa shape index (κ2) is 13.3. The molecule has 0 bridgehead atoms. The number of hydrogen-bond acceptors (Lipinski definition) is 4. The summed E-state index contributed by atoms with van der Waals surface area (Å²) in [5.74, 6) is 0.760. The summed E-state index contributed by atoms with van der Waals surface area (Å²) in [4.78, 5) is 15.7. The number of methoxy groups -OCH3 is 1. The first-order chi connectivity index (χ1) is 21.0. The molecule has 1 saturated heterocycles. The third kappa shape index (κ3) is 6.77. The van der Waals surface area contributed by atoms with E-state index >= 15 is 4.39 Å². The minimum Gasteiger partial charge on any atom is -0.385 e. The van der Waals surface area contributed by atoms with Crippen LogP contribution in [0.4, 0.5) is 4.39 Å². The van der Waals surface area contributed by atoms with Crippen molar-refractivity contribution >= 4 is 5.91 Å². The highest BCUT2D eigenvalue weighted by Gasteiger charge is 2.39. The van der Waals surface area contributed by atoms with Crippen LogP contribution < -0.4 is 10.6 Å². The smallest absolute Gasteiger partial charge is 0.232 e. The molecule has 5 nitrogen and oxygen atoms in total. The maximum atomic E-state index is 15.4. The van der Waals surface area contributed by atoms with Crippen LogP contribution in [-0.2, 0) is 21.4 Å². The summed E-state index contributed by atoms with van der Waals surface area (Å²) in [6.07, 6.45) is 9.37. The molecule has 6 heteroatoms. The fourth-order valence-electron chi connectivity index (χ4n) is 7.83. The van der Waals surface area contributed by atoms with Gasteiger partial charge in [0.15, 0.2) is 0 Å². The van der Waals surface area contributed by atoms with Crippen molar-refractivity contribution in [3.63, 3.8) is 0 Å². The second-order valence-corrected chi connectivity index (χ2v) is 14.9. The number of nitrogens with one attached hydrogen (secondary N) is 2. The second-order valence-electron chi connectivity index (χ2n) is 14.9. The van der Waals surface area contributed by atoms with Gasteiger partial charge in [-0.15, -0.1) is 0 Å². The van der Waals surface area contributed by atoms with Crippen LogP contribution in [0.1, 0.15) is 102 Å². The molecule has 2 aromatic rings. The molecule has 2 atom stereocenters. The molecule has 1 aliphatic heterocycles. The Labute approximate surface area is 265 Å². The Morgan fingerprint density at radius 2 is 1.93 bits per heavy atom. The van der Waals surface area contributed by atoms with Crippen LogP contribution in [0.25, 0.3) is 11.1 Å². The minimum atomic E-state index is -0.715. The van der Waals surface area contributed by atoms with Crippen molar-refractivity contribution in [2.45, 2.75) is 109 Å². The zero-order valence-corrected chi connectivity index (χ0v) is 27.9. The van der Waals surface area contributed by atoms with Gasteiger partial charge in [-0.05, 0) is 123 Å². The van der Waals surface area contributed by atoms with Crippen molar-refractivity contribution in [2.75, 3.05) is 27.4 Å². The van der Waals surface area contributed by atoms with E-state index in [0.29, 0.717) is 29.8 Å². The van der Waals surface area contributed by atoms with Gasteiger partial charge in [0.1, 0.15) is 12.5 Å². The molecule has 0 radical (unpaired) electrons. The summed E-state index contributed by atoms with van der Waals surface area (Å²) in [5, 5.41) is 6.68. The van der Waals surface area contributed by atoms with Crippen molar-refractivity contribution in [3.8, 4) is 11.1 Å². The van der Waals surface area contributed by atoms with E-state index in [0.717, 1.165) is 80.2 Å². The molecule has 2 aliphatic carbocycles. The predicted octanol–water partition coefficient (Wildman–Crippen LogP) is 7.69. The first-order valence-corrected chi connectivity index (χ1v) is 16.8. The van der Waals surface area contributed by atoms with Crippen molar-refractivity contribution in [3.05, 3.63) is 71.2 Å². The largest absolute Gasteiger partial charge is 0.385 e. The Kier molecular flexibility index (Phi) is 9.91. The Bertz CT molecular complexity index is 1350. The number of hydrogen-bond donors (Lipinski definition) is 2. The van der Waals surface area contributed by atoms with E-state index in [-0.39, 0.29) is 24.4 Å². The molecule has 1 amide bonds. The van der Waals surface area contributed by atoms with Crippen molar-refractivity contribution in [1.82, 2.24) is 15.5 Å². The SMILES string of the molecule is C=C(NC1CC(CCc2ccc([C@@](C)(CC)C(=O)NCOC)cc2-c2cccc(F)c2C2CCC2)C1)[C@@H]1CC(C)(C)CN1C. The lowest BCUT2D eigenvalue weighted by molar-refractivity contribution is -0.127. The zero-order chi connectivity index (χ0) is 31.6. The van der Waals surface area contributed by atoms with Gasteiger partial charge in [-0.3, -0.25) is 9.69 Å². The Morgan fingerprint density at radius 3 is 2.55 bits per heavy atom. The van der Waals surface area contributed by atoms with Crippen LogP contribution in [0.15, 0.2) is 48.7 Å². The van der Waals surface area contributed by atoms with Gasteiger partial charge in [0, 0.05) is 31.4 Å². The average Bonchev–Trinajstić information content (AvgIpc) is 3.24. The van der Waals surface area contributed by atoms with Crippen LogP contribution >= 0.6 is 0 Å². The Balaban J connectivity index is 1.33. The number of carbonyl (C=O) groups excluding carboxylic acids is 1. The first-order valence-electron chi connectivity index (χ1n) is 16.8. The fourth-order valence-corrected chi connectivity index (χ4v) is 7.83. The topological polar surface area (TPSA) is 53.6 Å². The van der Waals surface area contributed by atoms with E-state index in [1.807, 2.05) is 19.9 Å². The number of ether oxygens (including phenoxy) is 1. The van der Waals surface area contributed by atoms with Crippen LogP contribution in [-0.4, -0.2) is 50.3 Å². The number of carbonyl (C=O) groups is 1. The highest BCUT2D eigenvalue weighted by molar-refractivity contribution is 5.88. The molecule has 0 unspecified atom stereocenters. The molecule has 240 valence electrons. The number of rotatable bonds is 13. The lowest BCUT2D eigenvalue weighted by Gasteiger charge is -2.39. The predicted molar refractivity (Wildman–Crippen MR) is 178 cm³/mol. The molecule has 44 heavy (non-hydrogen) atoms. The number of benzene rings is 2. The van der Waals surface area contributed by atoms with Gasteiger partial charge >= 0.3 is 0 Å². The molecular formula is C38H54FN3O2. The maximum Gasteiger partial charge on any atom is 0.232 e. The number of aryl methyl sites for hydroxylation is 1. The van der Waals surface area contributed by atoms with Gasteiger partial charge in [0.2, 0.25) is 5.91 Å². The fraction of sp³-hybridized carbons (Fsp3) is 0.605. The van der Waals surface area contributed by atoms with E-state index in [1.165, 1.54) is 11.3 Å². The third-order valence-electron chi connectivity index (χ3n) is 11.0. The highest BCUT2D eigenvalue weighted by atomic mass is 19.1. The summed E-state index contributed by atoms with van der Waals surface area (Å²) in [6.45, 7) is 14.4. The molecule has 2 saturated carbocycles. The quantitative estimate of drug-likeness (QED) is 0.231. The van der Waals surface area contributed by atoms with Crippen molar-refractivity contribution in [2.24, 2.45) is 11.3 Å². The van der Waals surface area contributed by atoms with Crippen molar-refractivity contribution in [1.29, 1.82) is 0 Å². The van der Waals surface area contributed by atoms with Crippen LogP contribution in [0.5, 0.6) is 0 Å². The summed E-state index contributed by atoms with van der Waals surface area (Å²) in [7, 11) is 3.79. The normalized spacial score (nSPS) is 24.7. The van der Waals surface area contributed by atoms with E-state index in [1.54, 1.807) is 13.2 Å². The molecule has 3 aliphatic rings. The summed E-state index contributed by atoms with van der Waals surface area (Å²) in [5.41, 5.74) is 5.92. The molecule has 0 aromatic heterocycles. The average molecular weight is 604 g/mol. The monoisotopic (exact) mass is 603 g/mol. The summed E-state index contributed by atoms with van der Waals surface area (Å²) >= 11 is 0. The molecule has 2 N–H and O–H groups in total. The molecule has 5 rings (SSSR count). The van der Waals surface area contributed by atoms with Crippen molar-refractivity contribution < 1.29 is 13.9 Å². The molecule has 0 spiro atoms. The number of halogens is 1. The highest BCUT2D eigenvalue weighted by Crippen LogP contribution is 2.45. The number of likely N-dealkylation sites (N-methyl/N-ethyl adjacent to an activating group) is 1. The van der Waals surface area contributed by atoms with Gasteiger partial charge in [0.05, 0.1) is 5.41 Å². The van der Waals surface area contributed by atoms with Crippen LogP contribution in [0.2, 0.25) is 0 Å². The van der Waals surface area contributed by atoms with E-state index < -0.39 is 5.41 Å². The third-order valence-corrected chi connectivity index (χ3v) is 11.0. The molecule has 2 aromatic carbocycles. The van der Waals surface area contributed by atoms with Gasteiger partial charge in [-0.1, -0.05) is 58.0 Å². The molecular weight excluding hydrogens is 549 g/mol. The number of likely N-dealkylation sites (tertiary alicyclic amines) is 1. The summed E-state index contributed by atoms with van der Waals surface area (Å²) < 4.78 is 20.5. The zero-order valence-electron chi connectivity index (χ0n) is 27.9. The molecule has 3 fully saturated rings. The van der Waals surface area contributed by atoms with Crippen LogP contribution in [0.3, 0.4) is 0 Å². The molecule has 1 heterocycles. The lowest BCUT2D eigenvalue weighted by atomic mass is 9.73. The number of amides is 1. The van der Waals surface area contributed by atoms with Gasteiger partial charge in [-0.25, -0.2) is 4.39 Å². The number of nitrogens with zero attached hydrogens (tertiary/aromatic N) is 1. The minimum absolute atomic E-state index is 0.0547. The van der Waals surface area contributed by atoms with E-state index in [9.17, 15) is 4.79 Å². The van der Waals surface area contributed by atoms with E-state index in [2.05, 4.69) is 67.3 Å². The Hall–Kier alpha value is -2.70. The standard InChI is InChI=1S/C38H54FN3O2/c1-8-38(5,36(43)40-24-44-7)29-18-17-27(32(21-29)31-13-10-14-33(39)35(31)28-11-9-12-28)16-15-26-19-30(20-26)41-25(2)34-22-37(3,4)23-42(34)6/h10,13-14,17-18,21,26,28,30,34,41H,2,8-9,11-12,15-16,19-20,22-24H2,1,3-7H3,(H,40,43)/t26?,30?,34-,38+/m0/s1. The lowest BCUT2D eigenvalue weighted by Crippen LogP contribution is -2.44. The van der Waals surface area contributed by atoms with Gasteiger partial charge < -0.3 is 15.4 Å². The Morgan fingerprint density at radius 1 is 1.18 bits per heavy atom. The summed E-state index contributed by atoms with van der Waals surface area (Å²) in [6, 6.07) is 12.9.